The standard InChI is InChI=1S/C17H29N3O2S/c1-3-18-17(20(2)9-8-16-5-4-10-23-16)19-11-15(21)13-22-12-14-6-7-14/h4-5,10,14-15,21H,3,6-9,11-13H2,1-2H3,(H,18,19). The second kappa shape index (κ2) is 9.90. The van der Waals surface area contributed by atoms with Gasteiger partial charge in [-0.1, -0.05) is 6.07 Å². The van der Waals surface area contributed by atoms with Crippen molar-refractivity contribution < 1.29 is 9.84 Å². The minimum Gasteiger partial charge on any atom is -0.389 e. The smallest absolute Gasteiger partial charge is 0.193 e. The quantitative estimate of drug-likeness (QED) is 0.505. The minimum absolute atomic E-state index is 0.371. The maximum absolute atomic E-state index is 9.98. The molecular formula is C17H29N3O2S. The molecule has 1 aliphatic carbocycles. The summed E-state index contributed by atoms with van der Waals surface area (Å²) in [6.07, 6.45) is 3.01. The van der Waals surface area contributed by atoms with Gasteiger partial charge < -0.3 is 20.1 Å². The molecule has 130 valence electrons. The van der Waals surface area contributed by atoms with Crippen molar-refractivity contribution in [2.24, 2.45) is 10.9 Å². The highest BCUT2D eigenvalue weighted by Gasteiger charge is 2.21. The molecule has 23 heavy (non-hydrogen) atoms. The fourth-order valence-electron chi connectivity index (χ4n) is 2.21. The van der Waals surface area contributed by atoms with E-state index in [0.29, 0.717) is 13.2 Å². The van der Waals surface area contributed by atoms with E-state index in [1.807, 2.05) is 7.05 Å². The number of likely N-dealkylation sites (N-methyl/N-ethyl adjacent to an activating group) is 1. The minimum atomic E-state index is -0.534. The van der Waals surface area contributed by atoms with Gasteiger partial charge in [-0.3, -0.25) is 4.99 Å². The molecule has 1 fully saturated rings. The van der Waals surface area contributed by atoms with Crippen LogP contribution in [0, 0.1) is 5.92 Å². The van der Waals surface area contributed by atoms with Crippen LogP contribution < -0.4 is 5.32 Å². The Bertz CT molecular complexity index is 460. The van der Waals surface area contributed by atoms with Gasteiger partial charge in [-0.05, 0) is 43.6 Å². The van der Waals surface area contributed by atoms with E-state index in [4.69, 9.17) is 4.74 Å². The van der Waals surface area contributed by atoms with Gasteiger partial charge in [0.2, 0.25) is 0 Å². The Hall–Kier alpha value is -1.11. The van der Waals surface area contributed by atoms with E-state index >= 15 is 0 Å². The summed E-state index contributed by atoms with van der Waals surface area (Å²) in [5, 5.41) is 15.4. The lowest BCUT2D eigenvalue weighted by molar-refractivity contribution is 0.0367. The maximum atomic E-state index is 9.98. The van der Waals surface area contributed by atoms with Crippen molar-refractivity contribution >= 4 is 17.3 Å². The van der Waals surface area contributed by atoms with Gasteiger partial charge >= 0.3 is 0 Å². The molecule has 0 aliphatic heterocycles. The highest BCUT2D eigenvalue weighted by atomic mass is 32.1. The molecule has 5 nitrogen and oxygen atoms in total. The SMILES string of the molecule is CCNC(=NCC(O)COCC1CC1)N(C)CCc1cccs1. The normalized spacial score (nSPS) is 16.4. The summed E-state index contributed by atoms with van der Waals surface area (Å²) in [7, 11) is 2.03. The number of hydrogen-bond donors (Lipinski definition) is 2. The first-order valence-corrected chi connectivity index (χ1v) is 9.34. The zero-order chi connectivity index (χ0) is 16.5. The first-order valence-electron chi connectivity index (χ1n) is 8.46. The van der Waals surface area contributed by atoms with E-state index < -0.39 is 6.10 Å². The molecule has 0 amide bonds. The van der Waals surface area contributed by atoms with Gasteiger partial charge in [-0.15, -0.1) is 11.3 Å². The Labute approximate surface area is 143 Å². The first kappa shape index (κ1) is 18.2. The summed E-state index contributed by atoms with van der Waals surface area (Å²) in [4.78, 5) is 8.02. The molecule has 0 spiro atoms. The van der Waals surface area contributed by atoms with Crippen LogP contribution in [0.2, 0.25) is 0 Å². The van der Waals surface area contributed by atoms with E-state index in [-0.39, 0.29) is 0 Å². The molecule has 0 aromatic carbocycles. The van der Waals surface area contributed by atoms with Crippen LogP contribution in [0.5, 0.6) is 0 Å². The van der Waals surface area contributed by atoms with Crippen molar-refractivity contribution in [3.05, 3.63) is 22.4 Å². The van der Waals surface area contributed by atoms with Crippen molar-refractivity contribution in [3.63, 3.8) is 0 Å². The summed E-state index contributed by atoms with van der Waals surface area (Å²) in [6, 6.07) is 4.24. The van der Waals surface area contributed by atoms with Crippen LogP contribution in [0.25, 0.3) is 0 Å². The van der Waals surface area contributed by atoms with E-state index in [1.165, 1.54) is 17.7 Å². The van der Waals surface area contributed by atoms with E-state index in [9.17, 15) is 5.11 Å². The van der Waals surface area contributed by atoms with Crippen molar-refractivity contribution in [2.75, 3.05) is 39.9 Å². The maximum Gasteiger partial charge on any atom is 0.193 e. The molecule has 1 aliphatic rings. The van der Waals surface area contributed by atoms with Crippen molar-refractivity contribution in [1.29, 1.82) is 0 Å². The summed E-state index contributed by atoms with van der Waals surface area (Å²) >= 11 is 1.78. The summed E-state index contributed by atoms with van der Waals surface area (Å²) in [6.45, 7) is 5.30. The highest BCUT2D eigenvalue weighted by Crippen LogP contribution is 2.28. The van der Waals surface area contributed by atoms with Crippen LogP contribution in [0.1, 0.15) is 24.6 Å². The van der Waals surface area contributed by atoms with Crippen LogP contribution in [0.15, 0.2) is 22.5 Å². The largest absolute Gasteiger partial charge is 0.389 e. The molecule has 2 N–H and O–H groups in total. The van der Waals surface area contributed by atoms with Crippen LogP contribution in [0.4, 0.5) is 0 Å². The average Bonchev–Trinajstić information content (AvgIpc) is 3.21. The number of ether oxygens (including phenoxy) is 1. The Morgan fingerprint density at radius 1 is 1.57 bits per heavy atom. The van der Waals surface area contributed by atoms with Gasteiger partial charge in [-0.2, -0.15) is 0 Å². The average molecular weight is 340 g/mol. The molecular weight excluding hydrogens is 310 g/mol. The summed E-state index contributed by atoms with van der Waals surface area (Å²) < 4.78 is 5.52. The Balaban J connectivity index is 1.72. The molecule has 1 saturated carbocycles. The monoisotopic (exact) mass is 339 g/mol. The van der Waals surface area contributed by atoms with Crippen LogP contribution in [0.3, 0.4) is 0 Å². The van der Waals surface area contributed by atoms with Crippen molar-refractivity contribution in [3.8, 4) is 0 Å². The lowest BCUT2D eigenvalue weighted by atomic mass is 10.3. The molecule has 1 aromatic heterocycles. The predicted molar refractivity (Wildman–Crippen MR) is 96.2 cm³/mol. The van der Waals surface area contributed by atoms with Gasteiger partial charge in [0.1, 0.15) is 0 Å². The Kier molecular flexibility index (Phi) is 7.85. The van der Waals surface area contributed by atoms with E-state index in [1.54, 1.807) is 11.3 Å². The molecule has 0 radical (unpaired) electrons. The molecule has 0 bridgehead atoms. The number of aliphatic imine (C=N–C) groups is 1. The fraction of sp³-hybridized carbons (Fsp3) is 0.706. The molecule has 2 rings (SSSR count). The van der Waals surface area contributed by atoms with Crippen LogP contribution >= 0.6 is 11.3 Å². The van der Waals surface area contributed by atoms with Crippen molar-refractivity contribution in [2.45, 2.75) is 32.3 Å². The molecule has 6 heteroatoms. The van der Waals surface area contributed by atoms with Gasteiger partial charge in [-0.25, -0.2) is 0 Å². The number of hydrogen-bond acceptors (Lipinski definition) is 4. The second-order valence-electron chi connectivity index (χ2n) is 6.08. The lowest BCUT2D eigenvalue weighted by Gasteiger charge is -2.22. The number of nitrogens with one attached hydrogen (secondary N) is 1. The Morgan fingerprint density at radius 3 is 3.04 bits per heavy atom. The third-order valence-electron chi connectivity index (χ3n) is 3.78. The van der Waals surface area contributed by atoms with Gasteiger partial charge in [0.25, 0.3) is 0 Å². The predicted octanol–water partition coefficient (Wildman–Crippen LogP) is 1.98. The van der Waals surface area contributed by atoms with E-state index in [2.05, 4.69) is 39.6 Å². The third kappa shape index (κ3) is 7.33. The summed E-state index contributed by atoms with van der Waals surface area (Å²) in [5.41, 5.74) is 0. The molecule has 1 unspecified atom stereocenters. The molecule has 1 heterocycles. The van der Waals surface area contributed by atoms with Gasteiger partial charge in [0.05, 0.1) is 19.3 Å². The van der Waals surface area contributed by atoms with Gasteiger partial charge in [0.15, 0.2) is 5.96 Å². The zero-order valence-corrected chi connectivity index (χ0v) is 15.0. The van der Waals surface area contributed by atoms with Crippen molar-refractivity contribution in [1.82, 2.24) is 10.2 Å². The Morgan fingerprint density at radius 2 is 2.39 bits per heavy atom. The topological polar surface area (TPSA) is 57.1 Å². The molecule has 1 atom stereocenters. The zero-order valence-electron chi connectivity index (χ0n) is 14.2. The van der Waals surface area contributed by atoms with Gasteiger partial charge in [0, 0.05) is 31.6 Å². The number of rotatable bonds is 10. The number of guanidine groups is 1. The molecule has 0 saturated heterocycles. The van der Waals surface area contributed by atoms with Crippen LogP contribution in [-0.4, -0.2) is 62.0 Å². The second-order valence-corrected chi connectivity index (χ2v) is 7.11. The van der Waals surface area contributed by atoms with E-state index in [0.717, 1.165) is 38.0 Å². The molecule has 1 aromatic rings. The number of aliphatic hydroxyl groups excluding tert-OH is 1. The third-order valence-corrected chi connectivity index (χ3v) is 4.72. The fourth-order valence-corrected chi connectivity index (χ4v) is 2.91. The number of aliphatic hydroxyl groups is 1. The van der Waals surface area contributed by atoms with Crippen LogP contribution in [-0.2, 0) is 11.2 Å². The first-order chi connectivity index (χ1) is 11.2. The highest BCUT2D eigenvalue weighted by molar-refractivity contribution is 7.09. The number of nitrogens with zero attached hydrogens (tertiary/aromatic N) is 2. The lowest BCUT2D eigenvalue weighted by Crippen LogP contribution is -2.40. The summed E-state index contributed by atoms with van der Waals surface area (Å²) in [5.74, 6) is 1.57. The number of thiophene rings is 1.